The monoisotopic (exact) mass is 444 g/mol. The normalized spacial score (nSPS) is 15.2. The van der Waals surface area contributed by atoms with Crippen LogP contribution in [0.2, 0.25) is 5.02 Å². The maximum absolute atomic E-state index is 13.1. The van der Waals surface area contributed by atoms with Gasteiger partial charge in [0.05, 0.1) is 12.8 Å². The highest BCUT2D eigenvalue weighted by molar-refractivity contribution is 7.89. The predicted molar refractivity (Wildman–Crippen MR) is 116 cm³/mol. The van der Waals surface area contributed by atoms with Crippen molar-refractivity contribution in [1.82, 2.24) is 14.3 Å². The number of aromatic nitrogens is 2. The lowest BCUT2D eigenvalue weighted by Crippen LogP contribution is -2.49. The van der Waals surface area contributed by atoms with Gasteiger partial charge in [0.25, 0.3) is 0 Å². The molecule has 1 fully saturated rings. The van der Waals surface area contributed by atoms with Crippen LogP contribution in [0.25, 0.3) is 11.3 Å². The third-order valence-electron chi connectivity index (χ3n) is 5.03. The second-order valence-electron chi connectivity index (χ2n) is 6.81. The summed E-state index contributed by atoms with van der Waals surface area (Å²) in [4.78, 5) is 10.9. The summed E-state index contributed by atoms with van der Waals surface area (Å²) in [5.74, 6) is 1.06. The van der Waals surface area contributed by atoms with E-state index in [9.17, 15) is 8.42 Å². The van der Waals surface area contributed by atoms with Crippen LogP contribution in [-0.4, -0.2) is 56.0 Å². The van der Waals surface area contributed by atoms with Crippen LogP contribution in [0.15, 0.2) is 65.8 Å². The molecule has 0 saturated carbocycles. The van der Waals surface area contributed by atoms with Gasteiger partial charge in [-0.25, -0.2) is 18.4 Å². The number of halogens is 1. The van der Waals surface area contributed by atoms with Gasteiger partial charge in [-0.15, -0.1) is 0 Å². The first-order chi connectivity index (χ1) is 14.5. The minimum atomic E-state index is -3.72. The van der Waals surface area contributed by atoms with Crippen LogP contribution in [0.3, 0.4) is 0 Å². The number of nitrogens with zero attached hydrogens (tertiary/aromatic N) is 4. The highest BCUT2D eigenvalue weighted by Gasteiger charge is 2.31. The van der Waals surface area contributed by atoms with Crippen molar-refractivity contribution < 1.29 is 13.2 Å². The first-order valence-electron chi connectivity index (χ1n) is 9.45. The lowest BCUT2D eigenvalue weighted by molar-refractivity contribution is 0.373. The van der Waals surface area contributed by atoms with Gasteiger partial charge in [-0.05, 0) is 18.2 Å². The van der Waals surface area contributed by atoms with E-state index in [-0.39, 0.29) is 10.6 Å². The van der Waals surface area contributed by atoms with Gasteiger partial charge in [0.1, 0.15) is 22.8 Å². The molecule has 1 aliphatic rings. The van der Waals surface area contributed by atoms with E-state index in [2.05, 4.69) is 14.9 Å². The Morgan fingerprint density at radius 1 is 0.967 bits per heavy atom. The first kappa shape index (κ1) is 20.6. The van der Waals surface area contributed by atoms with Gasteiger partial charge in [0.2, 0.25) is 10.0 Å². The summed E-state index contributed by atoms with van der Waals surface area (Å²) in [5, 5.41) is 0.349. The van der Waals surface area contributed by atoms with E-state index in [1.165, 1.54) is 23.8 Å². The van der Waals surface area contributed by atoms with Gasteiger partial charge in [-0.2, -0.15) is 4.31 Å². The molecule has 3 aromatic rings. The number of sulfonamides is 1. The molecule has 2 aromatic carbocycles. The maximum atomic E-state index is 13.1. The Bertz CT molecular complexity index is 1130. The van der Waals surface area contributed by atoms with Crippen molar-refractivity contribution in [3.8, 4) is 17.0 Å². The summed E-state index contributed by atoms with van der Waals surface area (Å²) in [6.07, 6.45) is 1.54. The fraction of sp³-hybridized carbons (Fsp3) is 0.238. The maximum Gasteiger partial charge on any atom is 0.246 e. The number of methoxy groups -OCH3 is 1. The van der Waals surface area contributed by atoms with Crippen LogP contribution in [0.4, 0.5) is 5.82 Å². The van der Waals surface area contributed by atoms with E-state index in [0.29, 0.717) is 31.2 Å². The molecule has 0 aliphatic carbocycles. The lowest BCUT2D eigenvalue weighted by Gasteiger charge is -2.34. The molecule has 156 valence electrons. The Hall–Kier alpha value is -2.68. The van der Waals surface area contributed by atoms with Crippen molar-refractivity contribution >= 4 is 27.4 Å². The van der Waals surface area contributed by atoms with Gasteiger partial charge in [0, 0.05) is 42.8 Å². The average molecular weight is 445 g/mol. The molecule has 0 bridgehead atoms. The standard InChI is InChI=1S/C21H21ClN4O3S/c1-29-19-8-7-17(22)13-20(19)30(27,28)26-11-9-25(10-12-26)21-14-18(23-15-24-21)16-5-3-2-4-6-16/h2-8,13-15H,9-12H2,1H3. The minimum absolute atomic E-state index is 0.0827. The number of hydrogen-bond acceptors (Lipinski definition) is 6. The second-order valence-corrected chi connectivity index (χ2v) is 9.16. The predicted octanol–water partition coefficient (Wildman–Crippen LogP) is 3.32. The number of rotatable bonds is 5. The molecule has 1 aliphatic heterocycles. The third-order valence-corrected chi connectivity index (χ3v) is 7.18. The van der Waals surface area contributed by atoms with Crippen LogP contribution >= 0.6 is 11.6 Å². The van der Waals surface area contributed by atoms with Crippen LogP contribution in [0.1, 0.15) is 0 Å². The van der Waals surface area contributed by atoms with Crippen LogP contribution < -0.4 is 9.64 Å². The van der Waals surface area contributed by atoms with Crippen LogP contribution in [-0.2, 0) is 10.0 Å². The molecule has 1 saturated heterocycles. The van der Waals surface area contributed by atoms with Crippen molar-refractivity contribution in [2.24, 2.45) is 0 Å². The second kappa shape index (κ2) is 8.59. The van der Waals surface area contributed by atoms with Gasteiger partial charge in [0.15, 0.2) is 0 Å². The zero-order valence-corrected chi connectivity index (χ0v) is 18.0. The molecule has 0 amide bonds. The molecule has 4 rings (SSSR count). The molecule has 30 heavy (non-hydrogen) atoms. The highest BCUT2D eigenvalue weighted by Crippen LogP contribution is 2.30. The number of piperazine rings is 1. The van der Waals surface area contributed by atoms with E-state index in [0.717, 1.165) is 17.1 Å². The Balaban J connectivity index is 1.51. The van der Waals surface area contributed by atoms with Gasteiger partial charge < -0.3 is 9.64 Å². The quantitative estimate of drug-likeness (QED) is 0.601. The molecule has 0 radical (unpaired) electrons. The zero-order chi connectivity index (χ0) is 21.1. The summed E-state index contributed by atoms with van der Waals surface area (Å²) in [6, 6.07) is 16.4. The van der Waals surface area contributed by atoms with E-state index in [1.807, 2.05) is 36.4 Å². The summed E-state index contributed by atoms with van der Waals surface area (Å²) in [6.45, 7) is 1.71. The zero-order valence-electron chi connectivity index (χ0n) is 16.4. The molecule has 1 aromatic heterocycles. The van der Waals surface area contributed by atoms with Crippen molar-refractivity contribution in [2.75, 3.05) is 38.2 Å². The SMILES string of the molecule is COc1ccc(Cl)cc1S(=O)(=O)N1CCN(c2cc(-c3ccccc3)ncn2)CC1. The average Bonchev–Trinajstić information content (AvgIpc) is 2.80. The Morgan fingerprint density at radius 2 is 1.70 bits per heavy atom. The molecular weight excluding hydrogens is 424 g/mol. The van der Waals surface area contributed by atoms with Gasteiger partial charge in [-0.3, -0.25) is 0 Å². The molecule has 0 atom stereocenters. The molecular formula is C21H21ClN4O3S. The van der Waals surface area contributed by atoms with Gasteiger partial charge in [-0.1, -0.05) is 41.9 Å². The molecule has 9 heteroatoms. The Morgan fingerprint density at radius 3 is 2.40 bits per heavy atom. The highest BCUT2D eigenvalue weighted by atomic mass is 35.5. The fourth-order valence-electron chi connectivity index (χ4n) is 3.44. The number of anilines is 1. The summed E-state index contributed by atoms with van der Waals surface area (Å²) >= 11 is 6.03. The number of benzene rings is 2. The van der Waals surface area contributed by atoms with E-state index in [1.54, 1.807) is 12.1 Å². The van der Waals surface area contributed by atoms with Crippen molar-refractivity contribution in [2.45, 2.75) is 4.90 Å². The summed E-state index contributed by atoms with van der Waals surface area (Å²) in [5.41, 5.74) is 1.84. The largest absolute Gasteiger partial charge is 0.495 e. The molecule has 2 heterocycles. The van der Waals surface area contributed by atoms with Crippen molar-refractivity contribution in [3.05, 3.63) is 65.9 Å². The minimum Gasteiger partial charge on any atom is -0.495 e. The molecule has 0 N–H and O–H groups in total. The van der Waals surface area contributed by atoms with Gasteiger partial charge >= 0.3 is 0 Å². The molecule has 0 spiro atoms. The lowest BCUT2D eigenvalue weighted by atomic mass is 10.1. The fourth-order valence-corrected chi connectivity index (χ4v) is 5.28. The van der Waals surface area contributed by atoms with E-state index >= 15 is 0 Å². The summed E-state index contributed by atoms with van der Waals surface area (Å²) in [7, 11) is -2.28. The summed E-state index contributed by atoms with van der Waals surface area (Å²) < 4.78 is 33.0. The van der Waals surface area contributed by atoms with E-state index in [4.69, 9.17) is 16.3 Å². The third kappa shape index (κ3) is 4.12. The topological polar surface area (TPSA) is 75.6 Å². The van der Waals surface area contributed by atoms with Crippen molar-refractivity contribution in [1.29, 1.82) is 0 Å². The van der Waals surface area contributed by atoms with Crippen LogP contribution in [0, 0.1) is 0 Å². The molecule has 7 nitrogen and oxygen atoms in total. The first-order valence-corrected chi connectivity index (χ1v) is 11.3. The smallest absolute Gasteiger partial charge is 0.246 e. The van der Waals surface area contributed by atoms with E-state index < -0.39 is 10.0 Å². The Labute approximate surface area is 181 Å². The molecule has 0 unspecified atom stereocenters. The number of ether oxygens (including phenoxy) is 1. The number of hydrogen-bond donors (Lipinski definition) is 0. The van der Waals surface area contributed by atoms with Crippen LogP contribution in [0.5, 0.6) is 5.75 Å². The Kier molecular flexibility index (Phi) is 5.90. The van der Waals surface area contributed by atoms with Crippen molar-refractivity contribution in [3.63, 3.8) is 0 Å².